The molecule has 0 bridgehead atoms. The highest BCUT2D eigenvalue weighted by atomic mass is 16.5. The van der Waals surface area contributed by atoms with Gasteiger partial charge >= 0.3 is 0 Å². The number of anilines is 2. The molecule has 0 amide bonds. The van der Waals surface area contributed by atoms with Crippen LogP contribution < -0.4 is 10.2 Å². The van der Waals surface area contributed by atoms with Crippen LogP contribution in [0.1, 0.15) is 77.2 Å². The molecule has 2 saturated carbocycles. The molecule has 30 heavy (non-hydrogen) atoms. The second kappa shape index (κ2) is 9.59. The highest BCUT2D eigenvalue weighted by Crippen LogP contribution is 2.46. The number of rotatable bonds is 9. The minimum Gasteiger partial charge on any atom is -0.456 e. The number of nitrogens with one attached hydrogen (secondary N) is 1. The largest absolute Gasteiger partial charge is 0.456 e. The second-order valence-electron chi connectivity index (χ2n) is 9.81. The Bertz CT molecular complexity index is 704. The lowest BCUT2D eigenvalue weighted by molar-refractivity contribution is -0.155. The van der Waals surface area contributed by atoms with Gasteiger partial charge in [0.15, 0.2) is 0 Å². The summed E-state index contributed by atoms with van der Waals surface area (Å²) in [4.78, 5) is 13.8. The van der Waals surface area contributed by atoms with E-state index in [1.165, 1.54) is 37.1 Å². The topological polar surface area (TPSA) is 50.8 Å². The van der Waals surface area contributed by atoms with Gasteiger partial charge in [-0.2, -0.15) is 0 Å². The summed E-state index contributed by atoms with van der Waals surface area (Å²) in [6.07, 6.45) is 10.2. The summed E-state index contributed by atoms with van der Waals surface area (Å²) in [6, 6.07) is 7.81. The Morgan fingerprint density at radius 1 is 1.17 bits per heavy atom. The minimum atomic E-state index is -0.423. The van der Waals surface area contributed by atoms with Crippen molar-refractivity contribution in [3.05, 3.63) is 23.8 Å². The van der Waals surface area contributed by atoms with Gasteiger partial charge in [0.2, 0.25) is 0 Å². The smallest absolute Gasteiger partial charge is 0.293 e. The van der Waals surface area contributed by atoms with Gasteiger partial charge in [0.25, 0.3) is 6.47 Å². The molecule has 1 heterocycles. The quantitative estimate of drug-likeness (QED) is 0.561. The first-order valence-electron chi connectivity index (χ1n) is 12.0. The van der Waals surface area contributed by atoms with Gasteiger partial charge in [0, 0.05) is 31.8 Å². The van der Waals surface area contributed by atoms with Gasteiger partial charge in [-0.15, -0.1) is 0 Å². The first-order chi connectivity index (χ1) is 14.6. The number of carbonyl (C=O) groups excluding carboxylic acids is 1. The Kier molecular flexibility index (Phi) is 6.87. The normalized spacial score (nSPS) is 22.0. The van der Waals surface area contributed by atoms with Gasteiger partial charge < -0.3 is 19.7 Å². The summed E-state index contributed by atoms with van der Waals surface area (Å²) in [5.41, 5.74) is 3.23. The van der Waals surface area contributed by atoms with E-state index in [1.807, 2.05) is 0 Å². The SMILES string of the molecule is CC(C)CN(c1ccc(C2(OC=O)CCC2)cc1NC1CCCC1)C1CCOCC1. The van der Waals surface area contributed by atoms with E-state index in [-0.39, 0.29) is 0 Å². The van der Waals surface area contributed by atoms with Crippen molar-refractivity contribution >= 4 is 17.8 Å². The van der Waals surface area contributed by atoms with Gasteiger partial charge in [-0.3, -0.25) is 4.79 Å². The summed E-state index contributed by atoms with van der Waals surface area (Å²) in [5, 5.41) is 3.89. The van der Waals surface area contributed by atoms with E-state index in [0.29, 0.717) is 24.5 Å². The first-order valence-corrected chi connectivity index (χ1v) is 12.0. The standard InChI is InChI=1S/C25H38N2O3/c1-19(2)17-27(22-10-14-29-15-11-22)24-9-8-20(25(30-18-28)12-5-13-25)16-23(24)26-21-6-3-4-7-21/h8-9,16,18-19,21-22,26H,3-7,10-15,17H2,1-2H3. The average molecular weight is 415 g/mol. The molecule has 1 aromatic carbocycles. The maximum Gasteiger partial charge on any atom is 0.293 e. The number of nitrogens with zero attached hydrogens (tertiary/aromatic N) is 1. The molecule has 0 radical (unpaired) electrons. The molecule has 2 aliphatic carbocycles. The van der Waals surface area contributed by atoms with Crippen molar-refractivity contribution in [1.29, 1.82) is 0 Å². The molecular weight excluding hydrogens is 376 g/mol. The molecule has 0 unspecified atom stereocenters. The lowest BCUT2D eigenvalue weighted by Crippen LogP contribution is -2.42. The van der Waals surface area contributed by atoms with Crippen molar-refractivity contribution < 1.29 is 14.3 Å². The number of ether oxygens (including phenoxy) is 2. The average Bonchev–Trinajstić information content (AvgIpc) is 3.23. The van der Waals surface area contributed by atoms with Crippen molar-refractivity contribution in [1.82, 2.24) is 0 Å². The summed E-state index contributed by atoms with van der Waals surface area (Å²) in [5.74, 6) is 0.586. The Labute approximate surface area is 181 Å². The predicted molar refractivity (Wildman–Crippen MR) is 121 cm³/mol. The number of hydrogen-bond acceptors (Lipinski definition) is 5. The number of hydrogen-bond donors (Lipinski definition) is 1. The summed E-state index contributed by atoms with van der Waals surface area (Å²) in [7, 11) is 0. The van der Waals surface area contributed by atoms with E-state index in [0.717, 1.165) is 57.4 Å². The molecular formula is C25H38N2O3. The second-order valence-corrected chi connectivity index (χ2v) is 9.81. The molecule has 4 rings (SSSR count). The molecule has 0 atom stereocenters. The van der Waals surface area contributed by atoms with Crippen LogP contribution in [0.15, 0.2) is 18.2 Å². The zero-order chi connectivity index (χ0) is 21.0. The summed E-state index contributed by atoms with van der Waals surface area (Å²) in [6.45, 7) is 7.96. The number of carbonyl (C=O) groups is 1. The summed E-state index contributed by atoms with van der Waals surface area (Å²) < 4.78 is 11.3. The third-order valence-electron chi connectivity index (χ3n) is 7.18. The molecule has 3 aliphatic rings. The van der Waals surface area contributed by atoms with E-state index in [9.17, 15) is 4.79 Å². The fourth-order valence-electron chi connectivity index (χ4n) is 5.37. The van der Waals surface area contributed by atoms with E-state index in [1.54, 1.807) is 0 Å². The maximum atomic E-state index is 11.2. The fraction of sp³-hybridized carbons (Fsp3) is 0.720. The van der Waals surface area contributed by atoms with Gasteiger partial charge in [0.1, 0.15) is 5.60 Å². The van der Waals surface area contributed by atoms with Crippen molar-refractivity contribution in [2.24, 2.45) is 5.92 Å². The Morgan fingerprint density at radius 3 is 2.50 bits per heavy atom. The van der Waals surface area contributed by atoms with Gasteiger partial charge in [-0.25, -0.2) is 0 Å². The molecule has 1 aromatic rings. The molecule has 1 saturated heterocycles. The van der Waals surface area contributed by atoms with Crippen molar-refractivity contribution in [3.8, 4) is 0 Å². The highest BCUT2D eigenvalue weighted by molar-refractivity contribution is 5.72. The molecule has 1 N–H and O–H groups in total. The van der Waals surface area contributed by atoms with Crippen LogP contribution in [0.25, 0.3) is 0 Å². The Balaban J connectivity index is 1.69. The fourth-order valence-corrected chi connectivity index (χ4v) is 5.37. The van der Waals surface area contributed by atoms with Crippen molar-refractivity contribution in [3.63, 3.8) is 0 Å². The van der Waals surface area contributed by atoms with Crippen LogP contribution in [-0.2, 0) is 19.9 Å². The zero-order valence-corrected chi connectivity index (χ0v) is 18.7. The van der Waals surface area contributed by atoms with Crippen LogP contribution in [0, 0.1) is 5.92 Å². The third-order valence-corrected chi connectivity index (χ3v) is 7.18. The van der Waals surface area contributed by atoms with E-state index < -0.39 is 5.60 Å². The van der Waals surface area contributed by atoms with Crippen LogP contribution in [0.4, 0.5) is 11.4 Å². The molecule has 3 fully saturated rings. The number of benzene rings is 1. The molecule has 0 aromatic heterocycles. The van der Waals surface area contributed by atoms with Crippen LogP contribution >= 0.6 is 0 Å². The highest BCUT2D eigenvalue weighted by Gasteiger charge is 2.41. The van der Waals surface area contributed by atoms with Crippen molar-refractivity contribution in [2.75, 3.05) is 30.0 Å². The lowest BCUT2D eigenvalue weighted by Gasteiger charge is -2.42. The third kappa shape index (κ3) is 4.61. The van der Waals surface area contributed by atoms with Gasteiger partial charge in [-0.05, 0) is 68.6 Å². The van der Waals surface area contributed by atoms with Gasteiger partial charge in [0.05, 0.1) is 11.4 Å². The van der Waals surface area contributed by atoms with Crippen LogP contribution in [0.2, 0.25) is 0 Å². The molecule has 0 spiro atoms. The van der Waals surface area contributed by atoms with E-state index >= 15 is 0 Å². The molecule has 1 aliphatic heterocycles. The Morgan fingerprint density at radius 2 is 1.90 bits per heavy atom. The van der Waals surface area contributed by atoms with E-state index in [4.69, 9.17) is 9.47 Å². The lowest BCUT2D eigenvalue weighted by atomic mass is 9.74. The molecule has 5 nitrogen and oxygen atoms in total. The molecule has 166 valence electrons. The zero-order valence-electron chi connectivity index (χ0n) is 18.7. The minimum absolute atomic E-state index is 0.423. The predicted octanol–water partition coefficient (Wildman–Crippen LogP) is 5.23. The van der Waals surface area contributed by atoms with E-state index in [2.05, 4.69) is 42.3 Å². The van der Waals surface area contributed by atoms with Crippen molar-refractivity contribution in [2.45, 2.75) is 89.3 Å². The van der Waals surface area contributed by atoms with Crippen LogP contribution in [0.5, 0.6) is 0 Å². The van der Waals surface area contributed by atoms with Gasteiger partial charge in [-0.1, -0.05) is 32.8 Å². The first kappa shape index (κ1) is 21.5. The Hall–Kier alpha value is -1.75. The maximum absolute atomic E-state index is 11.2. The van der Waals surface area contributed by atoms with Crippen LogP contribution in [-0.4, -0.2) is 38.3 Å². The summed E-state index contributed by atoms with van der Waals surface area (Å²) >= 11 is 0. The molecule has 5 heteroatoms. The van der Waals surface area contributed by atoms with Crippen LogP contribution in [0.3, 0.4) is 0 Å². The monoisotopic (exact) mass is 414 g/mol.